The Morgan fingerprint density at radius 3 is 1.03 bits per heavy atom. The number of aliphatic hydroxyl groups excluding tert-OH is 2. The smallest absolute Gasteiger partial charge is 0.133 e. The van der Waals surface area contributed by atoms with Crippen LogP contribution in [0.2, 0.25) is 0 Å². The lowest BCUT2D eigenvalue weighted by molar-refractivity contribution is 0.160. The molecule has 8 nitrogen and oxygen atoms in total. The Kier molecular flexibility index (Phi) is 10.3. The van der Waals surface area contributed by atoms with Gasteiger partial charge in [0.1, 0.15) is 11.5 Å². The van der Waals surface area contributed by atoms with Crippen LogP contribution < -0.4 is 0 Å². The SMILES string of the molecule is Cc1cc2c(O)c(c1)C=NCCC(O)CCN=Cc1cc(C)cc(c1O)C=NCCC(O)CCN=C2. The van der Waals surface area contributed by atoms with E-state index in [4.69, 9.17) is 0 Å². The van der Waals surface area contributed by atoms with Gasteiger partial charge in [-0.3, -0.25) is 20.0 Å². The van der Waals surface area contributed by atoms with Crippen LogP contribution in [0.15, 0.2) is 44.2 Å². The second kappa shape index (κ2) is 13.7. The molecular formula is C28H36N4O4. The molecule has 1 aliphatic rings. The largest absolute Gasteiger partial charge is 0.507 e. The van der Waals surface area contributed by atoms with Crippen LogP contribution in [0.1, 0.15) is 59.1 Å². The van der Waals surface area contributed by atoms with Crippen LogP contribution in [0.4, 0.5) is 0 Å². The first-order valence-corrected chi connectivity index (χ1v) is 12.4. The van der Waals surface area contributed by atoms with Gasteiger partial charge in [0.2, 0.25) is 0 Å². The number of nitrogens with zero attached hydrogens (tertiary/aromatic N) is 4. The summed E-state index contributed by atoms with van der Waals surface area (Å²) in [5.74, 6) is 0.211. The molecule has 0 aliphatic carbocycles. The van der Waals surface area contributed by atoms with Gasteiger partial charge in [0.05, 0.1) is 12.2 Å². The van der Waals surface area contributed by atoms with Gasteiger partial charge in [0.15, 0.2) is 0 Å². The predicted molar refractivity (Wildman–Crippen MR) is 146 cm³/mol. The number of hydrogen-bond acceptors (Lipinski definition) is 8. The van der Waals surface area contributed by atoms with E-state index in [1.807, 2.05) is 38.1 Å². The molecule has 0 spiro atoms. The summed E-state index contributed by atoms with van der Waals surface area (Å²) < 4.78 is 0. The molecule has 1 aliphatic heterocycles. The maximum atomic E-state index is 10.6. The van der Waals surface area contributed by atoms with Crippen LogP contribution in [0.25, 0.3) is 0 Å². The Balaban J connectivity index is 1.77. The number of aliphatic imine (C=N–C) groups is 4. The molecule has 3 rings (SSSR count). The highest BCUT2D eigenvalue weighted by Gasteiger charge is 2.09. The highest BCUT2D eigenvalue weighted by atomic mass is 16.3. The van der Waals surface area contributed by atoms with Gasteiger partial charge in [-0.05, 0) is 74.9 Å². The molecule has 0 amide bonds. The van der Waals surface area contributed by atoms with Crippen molar-refractivity contribution in [3.05, 3.63) is 57.6 Å². The number of hydrogen-bond donors (Lipinski definition) is 4. The van der Waals surface area contributed by atoms with Gasteiger partial charge in [-0.1, -0.05) is 0 Å². The van der Waals surface area contributed by atoms with Crippen molar-refractivity contribution in [2.75, 3.05) is 26.2 Å². The fourth-order valence-electron chi connectivity index (χ4n) is 3.90. The molecule has 2 aromatic rings. The number of phenolic OH excluding ortho intramolecular Hbond substituents is 2. The van der Waals surface area contributed by atoms with Gasteiger partial charge in [0, 0.05) is 73.3 Å². The van der Waals surface area contributed by atoms with Crippen molar-refractivity contribution in [3.8, 4) is 11.5 Å². The van der Waals surface area contributed by atoms with E-state index < -0.39 is 12.2 Å². The van der Waals surface area contributed by atoms with E-state index in [-0.39, 0.29) is 11.5 Å². The van der Waals surface area contributed by atoms with Crippen LogP contribution >= 0.6 is 0 Å². The van der Waals surface area contributed by atoms with E-state index in [1.165, 1.54) is 0 Å². The van der Waals surface area contributed by atoms with Crippen LogP contribution in [-0.4, -0.2) is 83.7 Å². The summed E-state index contributed by atoms with van der Waals surface area (Å²) in [5, 5.41) is 41.8. The van der Waals surface area contributed by atoms with Gasteiger partial charge in [-0.25, -0.2) is 0 Å². The summed E-state index contributed by atoms with van der Waals surface area (Å²) in [6.45, 7) is 5.55. The van der Waals surface area contributed by atoms with E-state index in [2.05, 4.69) is 20.0 Å². The molecule has 4 N–H and O–H groups in total. The normalized spacial score (nSPS) is 20.2. The number of aliphatic hydroxyl groups is 2. The Bertz CT molecular complexity index is 973. The van der Waals surface area contributed by atoms with Crippen molar-refractivity contribution in [2.24, 2.45) is 20.0 Å². The average molecular weight is 493 g/mol. The van der Waals surface area contributed by atoms with Crippen LogP contribution in [-0.2, 0) is 0 Å². The number of aryl methyl sites for hydroxylation is 2. The molecule has 0 saturated carbocycles. The van der Waals surface area contributed by atoms with Crippen LogP contribution in [0.3, 0.4) is 0 Å². The first-order valence-electron chi connectivity index (χ1n) is 12.4. The maximum absolute atomic E-state index is 10.6. The molecule has 0 atom stereocenters. The monoisotopic (exact) mass is 492 g/mol. The molecule has 0 saturated heterocycles. The minimum absolute atomic E-state index is 0.106. The van der Waals surface area contributed by atoms with E-state index in [0.717, 1.165) is 11.1 Å². The number of aromatic hydroxyl groups is 2. The second-order valence-corrected chi connectivity index (χ2v) is 9.19. The molecule has 1 heterocycles. The summed E-state index contributed by atoms with van der Waals surface area (Å²) in [6.07, 6.45) is 7.27. The third kappa shape index (κ3) is 8.39. The molecule has 192 valence electrons. The molecule has 36 heavy (non-hydrogen) atoms. The van der Waals surface area contributed by atoms with Crippen molar-refractivity contribution < 1.29 is 20.4 Å². The summed E-state index contributed by atoms with van der Waals surface area (Å²) in [4.78, 5) is 17.5. The topological polar surface area (TPSA) is 130 Å². The lowest BCUT2D eigenvalue weighted by Crippen LogP contribution is -2.10. The molecule has 0 radical (unpaired) electrons. The molecule has 0 aromatic heterocycles. The number of phenols is 2. The zero-order chi connectivity index (χ0) is 25.9. The maximum Gasteiger partial charge on any atom is 0.133 e. The average Bonchev–Trinajstić information content (AvgIpc) is 2.84. The second-order valence-electron chi connectivity index (χ2n) is 9.19. The van der Waals surface area contributed by atoms with Gasteiger partial charge >= 0.3 is 0 Å². The first kappa shape index (κ1) is 27.2. The molecule has 2 aromatic carbocycles. The Hall–Kier alpha value is -3.36. The van der Waals surface area contributed by atoms with Crippen LogP contribution in [0.5, 0.6) is 11.5 Å². The quantitative estimate of drug-likeness (QED) is 0.449. The van der Waals surface area contributed by atoms with E-state index in [9.17, 15) is 20.4 Å². The highest BCUT2D eigenvalue weighted by Crippen LogP contribution is 2.23. The van der Waals surface area contributed by atoms with E-state index in [0.29, 0.717) is 74.1 Å². The predicted octanol–water partition coefficient (Wildman–Crippen LogP) is 3.39. The van der Waals surface area contributed by atoms with Crippen molar-refractivity contribution >= 4 is 24.9 Å². The lowest BCUT2D eigenvalue weighted by atomic mass is 10.1. The Labute approximate surface area is 212 Å². The van der Waals surface area contributed by atoms with E-state index in [1.54, 1.807) is 24.9 Å². The van der Waals surface area contributed by atoms with Crippen molar-refractivity contribution in [3.63, 3.8) is 0 Å². The standard InChI is InChI=1S/C28H36N4O4/c1-19-11-21-15-29-7-3-25(33)5-9-31-17-23-13-20(2)14-24(28(23)36)18-32-10-6-26(34)4-8-30-16-22(12-19)27(21)35/h11-18,25-26,33-36H,3-10H2,1-2H3. The Morgan fingerprint density at radius 1 is 0.528 bits per heavy atom. The zero-order valence-corrected chi connectivity index (χ0v) is 21.0. The number of benzene rings is 2. The minimum atomic E-state index is -0.553. The molecule has 0 fully saturated rings. The van der Waals surface area contributed by atoms with E-state index >= 15 is 0 Å². The Morgan fingerprint density at radius 2 is 0.778 bits per heavy atom. The molecule has 0 unspecified atom stereocenters. The third-order valence-electron chi connectivity index (χ3n) is 5.91. The van der Waals surface area contributed by atoms with Gasteiger partial charge < -0.3 is 20.4 Å². The minimum Gasteiger partial charge on any atom is -0.507 e. The van der Waals surface area contributed by atoms with Crippen molar-refractivity contribution in [1.82, 2.24) is 0 Å². The fraction of sp³-hybridized carbons (Fsp3) is 0.429. The summed E-state index contributed by atoms with van der Waals surface area (Å²) in [7, 11) is 0. The molecule has 8 heteroatoms. The first-order chi connectivity index (χ1) is 17.3. The van der Waals surface area contributed by atoms with Gasteiger partial charge in [0.25, 0.3) is 0 Å². The fourth-order valence-corrected chi connectivity index (χ4v) is 3.90. The third-order valence-corrected chi connectivity index (χ3v) is 5.91. The highest BCUT2D eigenvalue weighted by molar-refractivity contribution is 5.93. The van der Waals surface area contributed by atoms with Crippen molar-refractivity contribution in [2.45, 2.75) is 51.7 Å². The van der Waals surface area contributed by atoms with Crippen LogP contribution in [0, 0.1) is 13.8 Å². The number of rotatable bonds is 0. The summed E-state index contributed by atoms with van der Waals surface area (Å²) in [5.41, 5.74) is 4.33. The summed E-state index contributed by atoms with van der Waals surface area (Å²) >= 11 is 0. The zero-order valence-electron chi connectivity index (χ0n) is 21.0. The molecule has 4 bridgehead atoms. The van der Waals surface area contributed by atoms with Gasteiger partial charge in [-0.15, -0.1) is 0 Å². The number of fused-ring (bicyclic) bond motifs is 4. The van der Waals surface area contributed by atoms with Gasteiger partial charge in [-0.2, -0.15) is 0 Å². The van der Waals surface area contributed by atoms with Crippen molar-refractivity contribution in [1.29, 1.82) is 0 Å². The summed E-state index contributed by atoms with van der Waals surface area (Å²) in [6, 6.07) is 7.40. The molecular weight excluding hydrogens is 456 g/mol. The lowest BCUT2D eigenvalue weighted by Gasteiger charge is -2.09.